The third-order valence-corrected chi connectivity index (χ3v) is 5.70. The maximum absolute atomic E-state index is 13.4. The minimum Gasteiger partial charge on any atom is -0.366 e. The van der Waals surface area contributed by atoms with Crippen molar-refractivity contribution in [2.45, 2.75) is 19.8 Å². The zero-order valence-electron chi connectivity index (χ0n) is 16.4. The van der Waals surface area contributed by atoms with Gasteiger partial charge in [0.2, 0.25) is 0 Å². The second-order valence-corrected chi connectivity index (χ2v) is 8.08. The van der Waals surface area contributed by atoms with E-state index in [1.807, 2.05) is 4.90 Å². The molecule has 1 unspecified atom stereocenters. The van der Waals surface area contributed by atoms with Crippen molar-refractivity contribution in [3.8, 4) is 0 Å². The Morgan fingerprint density at radius 1 is 1.10 bits per heavy atom. The molecule has 0 N–H and O–H groups in total. The molecule has 0 aliphatic carbocycles. The number of non-ortho nitro benzene ring substituents is 1. The van der Waals surface area contributed by atoms with Crippen molar-refractivity contribution in [2.24, 2.45) is 5.92 Å². The van der Waals surface area contributed by atoms with E-state index in [2.05, 4.69) is 6.92 Å². The number of amides is 2. The number of carbonyl (C=O) groups excluding carboxylic acids is 2. The molecular weight excluding hydrogens is 406 g/mol. The largest absolute Gasteiger partial charge is 0.366 e. The molecule has 2 aliphatic heterocycles. The van der Waals surface area contributed by atoms with Crippen LogP contribution in [0.4, 0.5) is 11.4 Å². The summed E-state index contributed by atoms with van der Waals surface area (Å²) in [6.07, 6.45) is 1.99. The van der Waals surface area contributed by atoms with Gasteiger partial charge in [-0.3, -0.25) is 19.7 Å². The SMILES string of the molecule is CC1CCCN(C2=C(c3ccc([N+](=O)[O-])cc3)C(=O)N(c3cccc(Cl)c3)C2=O)C1. The molecule has 1 saturated heterocycles. The van der Waals surface area contributed by atoms with E-state index in [0.29, 0.717) is 41.0 Å². The molecule has 0 aromatic heterocycles. The summed E-state index contributed by atoms with van der Waals surface area (Å²) in [6, 6.07) is 12.3. The van der Waals surface area contributed by atoms with Crippen molar-refractivity contribution in [1.29, 1.82) is 0 Å². The highest BCUT2D eigenvalue weighted by Gasteiger charge is 2.43. The van der Waals surface area contributed by atoms with Crippen LogP contribution in [-0.4, -0.2) is 34.7 Å². The van der Waals surface area contributed by atoms with Gasteiger partial charge in [-0.2, -0.15) is 0 Å². The normalized spacial score (nSPS) is 19.6. The minimum absolute atomic E-state index is 0.0732. The predicted octanol–water partition coefficient (Wildman–Crippen LogP) is 4.26. The standard InChI is InChI=1S/C22H20ClN3O4/c1-14-4-3-11-24(13-14)20-19(15-7-9-17(10-8-15)26(29)30)21(27)25(22(20)28)18-6-2-5-16(23)12-18/h2,5-10,12,14H,3-4,11,13H2,1H3. The molecule has 4 rings (SSSR count). The van der Waals surface area contributed by atoms with Crippen LogP contribution in [0.5, 0.6) is 0 Å². The Kier molecular flexibility index (Phi) is 5.30. The predicted molar refractivity (Wildman–Crippen MR) is 114 cm³/mol. The number of anilines is 1. The Morgan fingerprint density at radius 3 is 2.47 bits per heavy atom. The Labute approximate surface area is 178 Å². The zero-order valence-corrected chi connectivity index (χ0v) is 17.1. The van der Waals surface area contributed by atoms with Crippen LogP contribution in [0.25, 0.3) is 5.57 Å². The van der Waals surface area contributed by atoms with E-state index < -0.39 is 16.7 Å². The molecule has 2 amide bonds. The van der Waals surface area contributed by atoms with Gasteiger partial charge in [-0.15, -0.1) is 0 Å². The second kappa shape index (κ2) is 7.91. The van der Waals surface area contributed by atoms with Gasteiger partial charge in [0.05, 0.1) is 16.2 Å². The fourth-order valence-corrected chi connectivity index (χ4v) is 4.25. The number of benzene rings is 2. The number of halogens is 1. The third kappa shape index (κ3) is 3.57. The summed E-state index contributed by atoms with van der Waals surface area (Å²) >= 11 is 6.09. The number of nitro groups is 1. The lowest BCUT2D eigenvalue weighted by Gasteiger charge is -2.33. The van der Waals surface area contributed by atoms with E-state index in [1.165, 1.54) is 24.3 Å². The quantitative estimate of drug-likeness (QED) is 0.415. The molecule has 1 fully saturated rings. The van der Waals surface area contributed by atoms with Gasteiger partial charge in [0.1, 0.15) is 5.70 Å². The summed E-state index contributed by atoms with van der Waals surface area (Å²) in [5.74, 6) is -0.457. The first-order valence-corrected chi connectivity index (χ1v) is 10.1. The molecule has 0 bridgehead atoms. The molecule has 0 radical (unpaired) electrons. The van der Waals surface area contributed by atoms with Gasteiger partial charge in [0.25, 0.3) is 17.5 Å². The molecule has 8 heteroatoms. The summed E-state index contributed by atoms with van der Waals surface area (Å²) < 4.78 is 0. The lowest BCUT2D eigenvalue weighted by atomic mass is 9.97. The first-order chi connectivity index (χ1) is 14.4. The van der Waals surface area contributed by atoms with Crippen molar-refractivity contribution in [2.75, 3.05) is 18.0 Å². The fourth-order valence-electron chi connectivity index (χ4n) is 4.06. The highest BCUT2D eigenvalue weighted by atomic mass is 35.5. The number of hydrogen-bond donors (Lipinski definition) is 0. The topological polar surface area (TPSA) is 83.8 Å². The number of hydrogen-bond acceptors (Lipinski definition) is 5. The average molecular weight is 426 g/mol. The Hall–Kier alpha value is -3.19. The number of carbonyl (C=O) groups is 2. The number of imide groups is 1. The van der Waals surface area contributed by atoms with Crippen LogP contribution >= 0.6 is 11.6 Å². The number of piperidine rings is 1. The minimum atomic E-state index is -0.495. The van der Waals surface area contributed by atoms with Crippen LogP contribution in [0.1, 0.15) is 25.3 Å². The lowest BCUT2D eigenvalue weighted by molar-refractivity contribution is -0.384. The molecule has 0 spiro atoms. The first kappa shape index (κ1) is 20.1. The average Bonchev–Trinajstić information content (AvgIpc) is 2.98. The Bertz CT molecular complexity index is 1060. The van der Waals surface area contributed by atoms with Crippen LogP contribution < -0.4 is 4.90 Å². The Balaban J connectivity index is 1.82. The molecule has 1 atom stereocenters. The molecule has 2 aromatic rings. The third-order valence-electron chi connectivity index (χ3n) is 5.47. The highest BCUT2D eigenvalue weighted by molar-refractivity contribution is 6.45. The van der Waals surface area contributed by atoms with E-state index in [9.17, 15) is 19.7 Å². The van der Waals surface area contributed by atoms with E-state index in [1.54, 1.807) is 24.3 Å². The molecule has 2 aromatic carbocycles. The molecule has 2 aliphatic rings. The monoisotopic (exact) mass is 425 g/mol. The number of nitro benzene ring substituents is 1. The maximum atomic E-state index is 13.4. The molecule has 154 valence electrons. The molecular formula is C22H20ClN3O4. The highest BCUT2D eigenvalue weighted by Crippen LogP contribution is 2.37. The summed E-state index contributed by atoms with van der Waals surface area (Å²) in [7, 11) is 0. The Morgan fingerprint density at radius 2 is 1.83 bits per heavy atom. The van der Waals surface area contributed by atoms with Crippen LogP contribution in [0.3, 0.4) is 0 Å². The smallest absolute Gasteiger partial charge is 0.282 e. The summed E-state index contributed by atoms with van der Waals surface area (Å²) in [5.41, 5.74) is 1.42. The van der Waals surface area contributed by atoms with Gasteiger partial charge in [-0.25, -0.2) is 4.90 Å². The van der Waals surface area contributed by atoms with Gasteiger partial charge < -0.3 is 4.90 Å². The van der Waals surface area contributed by atoms with Crippen molar-refractivity contribution in [3.63, 3.8) is 0 Å². The van der Waals surface area contributed by atoms with Crippen molar-refractivity contribution in [1.82, 2.24) is 4.90 Å². The van der Waals surface area contributed by atoms with Crippen LogP contribution in [0.15, 0.2) is 54.2 Å². The van der Waals surface area contributed by atoms with Gasteiger partial charge >= 0.3 is 0 Å². The van der Waals surface area contributed by atoms with Gasteiger partial charge in [-0.1, -0.05) is 24.6 Å². The first-order valence-electron chi connectivity index (χ1n) is 9.75. The van der Waals surface area contributed by atoms with Crippen molar-refractivity contribution in [3.05, 3.63) is 74.9 Å². The fraction of sp³-hybridized carbons (Fsp3) is 0.273. The number of rotatable bonds is 4. The lowest BCUT2D eigenvalue weighted by Crippen LogP contribution is -2.39. The van der Waals surface area contributed by atoms with Gasteiger partial charge in [-0.05, 0) is 54.7 Å². The summed E-state index contributed by atoms with van der Waals surface area (Å²) in [5, 5.41) is 11.4. The van der Waals surface area contributed by atoms with Crippen LogP contribution in [0.2, 0.25) is 5.02 Å². The van der Waals surface area contributed by atoms with Crippen molar-refractivity contribution >= 4 is 40.4 Å². The van der Waals surface area contributed by atoms with Crippen LogP contribution in [0, 0.1) is 16.0 Å². The summed E-state index contributed by atoms with van der Waals surface area (Å²) in [4.78, 5) is 40.5. The van der Waals surface area contributed by atoms with E-state index in [4.69, 9.17) is 11.6 Å². The molecule has 2 heterocycles. The van der Waals surface area contributed by atoms with Crippen molar-refractivity contribution < 1.29 is 14.5 Å². The molecule has 30 heavy (non-hydrogen) atoms. The summed E-state index contributed by atoms with van der Waals surface area (Å²) in [6.45, 7) is 3.47. The molecule has 0 saturated carbocycles. The molecule has 7 nitrogen and oxygen atoms in total. The number of nitrogens with zero attached hydrogens (tertiary/aromatic N) is 3. The van der Waals surface area contributed by atoms with Crippen LogP contribution in [-0.2, 0) is 9.59 Å². The van der Waals surface area contributed by atoms with Gasteiger partial charge in [0, 0.05) is 30.2 Å². The van der Waals surface area contributed by atoms with E-state index in [0.717, 1.165) is 17.7 Å². The maximum Gasteiger partial charge on any atom is 0.282 e. The zero-order chi connectivity index (χ0) is 21.4. The second-order valence-electron chi connectivity index (χ2n) is 7.65. The van der Waals surface area contributed by atoms with Gasteiger partial charge in [0.15, 0.2) is 0 Å². The number of likely N-dealkylation sites (tertiary alicyclic amines) is 1. The van der Waals surface area contributed by atoms with E-state index >= 15 is 0 Å². The van der Waals surface area contributed by atoms with E-state index in [-0.39, 0.29) is 11.3 Å².